The molecule has 0 amide bonds. The van der Waals surface area contributed by atoms with Crippen LogP contribution in [0, 0.1) is 0 Å². The van der Waals surface area contributed by atoms with Gasteiger partial charge in [-0.05, 0) is 25.7 Å². The average Bonchev–Trinajstić information content (AvgIpc) is 2.11. The summed E-state index contributed by atoms with van der Waals surface area (Å²) in [6, 6.07) is 0. The van der Waals surface area contributed by atoms with E-state index < -0.39 is 0 Å². The van der Waals surface area contributed by atoms with E-state index in [1.165, 1.54) is 51.4 Å². The van der Waals surface area contributed by atoms with E-state index in [9.17, 15) is 0 Å². The molecule has 0 aromatic rings. The van der Waals surface area contributed by atoms with E-state index in [-0.39, 0.29) is 0 Å². The number of hydrogen-bond acceptors (Lipinski definition) is 0. The van der Waals surface area contributed by atoms with Crippen molar-refractivity contribution in [3.63, 3.8) is 0 Å². The number of halogens is 1. The van der Waals surface area contributed by atoms with Gasteiger partial charge in [0.1, 0.15) is 0 Å². The van der Waals surface area contributed by atoms with E-state index in [1.54, 1.807) is 0 Å². The summed E-state index contributed by atoms with van der Waals surface area (Å²) in [6.07, 6.45) is 14.1. The molecule has 1 rings (SSSR count). The highest BCUT2D eigenvalue weighted by Crippen LogP contribution is 2.18. The van der Waals surface area contributed by atoms with Crippen LogP contribution in [0.1, 0.15) is 57.8 Å². The van der Waals surface area contributed by atoms with Crippen molar-refractivity contribution in [2.24, 2.45) is 0 Å². The molecule has 0 saturated carbocycles. The minimum absolute atomic E-state index is 1.09. The summed E-state index contributed by atoms with van der Waals surface area (Å²) < 4.78 is 0. The van der Waals surface area contributed by atoms with E-state index in [2.05, 4.69) is 6.08 Å². The Balaban J connectivity index is 2.25. The maximum atomic E-state index is 6.03. The molecule has 0 nitrogen and oxygen atoms in total. The number of rotatable bonds is 0. The first kappa shape index (κ1) is 10.1. The van der Waals surface area contributed by atoms with Gasteiger partial charge in [0.2, 0.25) is 0 Å². The van der Waals surface area contributed by atoms with Crippen molar-refractivity contribution in [2.75, 3.05) is 0 Å². The molecule has 0 unspecified atom stereocenters. The van der Waals surface area contributed by atoms with Crippen LogP contribution in [0.3, 0.4) is 0 Å². The van der Waals surface area contributed by atoms with Gasteiger partial charge in [-0.15, -0.1) is 0 Å². The summed E-state index contributed by atoms with van der Waals surface area (Å²) in [5, 5.41) is 1.09. The molecule has 70 valence electrons. The lowest BCUT2D eigenvalue weighted by molar-refractivity contribution is 0.589. The molecule has 0 bridgehead atoms. The first-order valence-electron chi connectivity index (χ1n) is 5.24. The zero-order valence-electron chi connectivity index (χ0n) is 7.82. The van der Waals surface area contributed by atoms with Crippen molar-refractivity contribution in [3.05, 3.63) is 11.1 Å². The Hall–Kier alpha value is 0.0300. The van der Waals surface area contributed by atoms with Crippen LogP contribution in [0.4, 0.5) is 0 Å². The normalized spacial score (nSPS) is 22.6. The second kappa shape index (κ2) is 6.54. The molecule has 0 aromatic carbocycles. The minimum Gasteiger partial charge on any atom is -0.0895 e. The summed E-state index contributed by atoms with van der Waals surface area (Å²) in [6.45, 7) is 0. The monoisotopic (exact) mass is 186 g/mol. The molecule has 0 spiro atoms. The van der Waals surface area contributed by atoms with E-state index in [0.717, 1.165) is 11.5 Å². The van der Waals surface area contributed by atoms with Gasteiger partial charge in [0.15, 0.2) is 0 Å². The maximum Gasteiger partial charge on any atom is 0.0141 e. The first-order valence-corrected chi connectivity index (χ1v) is 5.62. The Morgan fingerprint density at radius 3 is 2.17 bits per heavy atom. The molecule has 1 aliphatic rings. The fraction of sp³-hybridized carbons (Fsp3) is 0.818. The SMILES string of the molecule is ClC1=CCCCCCCCCC1. The Labute approximate surface area is 81.0 Å². The molecular weight excluding hydrogens is 168 g/mol. The highest BCUT2D eigenvalue weighted by atomic mass is 35.5. The van der Waals surface area contributed by atoms with Crippen molar-refractivity contribution < 1.29 is 0 Å². The predicted molar refractivity (Wildman–Crippen MR) is 55.5 cm³/mol. The standard InChI is InChI=1S/C11H19Cl/c12-11-9-7-5-3-1-2-4-6-8-10-11/h9H,1-8,10H2. The Bertz CT molecular complexity index is 138. The highest BCUT2D eigenvalue weighted by Gasteiger charge is 1.97. The van der Waals surface area contributed by atoms with Crippen molar-refractivity contribution in [2.45, 2.75) is 57.8 Å². The van der Waals surface area contributed by atoms with Crippen molar-refractivity contribution >= 4 is 11.6 Å². The molecule has 0 aromatic heterocycles. The Morgan fingerprint density at radius 1 is 0.833 bits per heavy atom. The lowest BCUT2D eigenvalue weighted by Gasteiger charge is -1.98. The zero-order chi connectivity index (χ0) is 8.65. The third-order valence-electron chi connectivity index (χ3n) is 2.49. The van der Waals surface area contributed by atoms with Gasteiger partial charge < -0.3 is 0 Å². The third kappa shape index (κ3) is 4.82. The summed E-state index contributed by atoms with van der Waals surface area (Å²) >= 11 is 6.03. The van der Waals surface area contributed by atoms with E-state index in [4.69, 9.17) is 11.6 Å². The van der Waals surface area contributed by atoms with Gasteiger partial charge in [-0.1, -0.05) is 49.8 Å². The molecule has 0 fully saturated rings. The fourth-order valence-corrected chi connectivity index (χ4v) is 1.93. The lowest BCUT2D eigenvalue weighted by atomic mass is 10.1. The van der Waals surface area contributed by atoms with Crippen LogP contribution in [-0.2, 0) is 0 Å². The molecule has 0 atom stereocenters. The molecule has 0 radical (unpaired) electrons. The van der Waals surface area contributed by atoms with Gasteiger partial charge in [-0.2, -0.15) is 0 Å². The molecular formula is C11H19Cl. The predicted octanol–water partition coefficient (Wildman–Crippen LogP) is 4.63. The highest BCUT2D eigenvalue weighted by molar-refractivity contribution is 6.29. The smallest absolute Gasteiger partial charge is 0.0141 e. The van der Waals surface area contributed by atoms with Crippen molar-refractivity contribution in [1.29, 1.82) is 0 Å². The minimum atomic E-state index is 1.09. The molecule has 0 aliphatic heterocycles. The molecule has 0 N–H and O–H groups in total. The summed E-state index contributed by atoms with van der Waals surface area (Å²) in [5.74, 6) is 0. The third-order valence-corrected chi connectivity index (χ3v) is 2.83. The van der Waals surface area contributed by atoms with Crippen LogP contribution in [-0.4, -0.2) is 0 Å². The summed E-state index contributed by atoms with van der Waals surface area (Å²) in [7, 11) is 0. The molecule has 0 saturated heterocycles. The fourth-order valence-electron chi connectivity index (χ4n) is 1.68. The lowest BCUT2D eigenvalue weighted by Crippen LogP contribution is -1.78. The van der Waals surface area contributed by atoms with Crippen molar-refractivity contribution in [1.82, 2.24) is 0 Å². The second-order valence-corrected chi connectivity index (χ2v) is 4.15. The number of hydrogen-bond donors (Lipinski definition) is 0. The van der Waals surface area contributed by atoms with Gasteiger partial charge in [0.25, 0.3) is 0 Å². The first-order chi connectivity index (χ1) is 5.89. The van der Waals surface area contributed by atoms with Crippen LogP contribution in [0.15, 0.2) is 11.1 Å². The molecule has 0 heterocycles. The Kier molecular flexibility index (Phi) is 5.51. The largest absolute Gasteiger partial charge is 0.0895 e. The number of allylic oxidation sites excluding steroid dienone is 2. The average molecular weight is 187 g/mol. The van der Waals surface area contributed by atoms with Crippen LogP contribution in [0.25, 0.3) is 0 Å². The molecule has 1 aliphatic carbocycles. The van der Waals surface area contributed by atoms with Gasteiger partial charge in [0.05, 0.1) is 0 Å². The van der Waals surface area contributed by atoms with Gasteiger partial charge >= 0.3 is 0 Å². The van der Waals surface area contributed by atoms with Crippen LogP contribution >= 0.6 is 11.6 Å². The molecule has 12 heavy (non-hydrogen) atoms. The summed E-state index contributed by atoms with van der Waals surface area (Å²) in [4.78, 5) is 0. The second-order valence-electron chi connectivity index (χ2n) is 3.66. The van der Waals surface area contributed by atoms with Gasteiger partial charge in [-0.25, -0.2) is 0 Å². The Morgan fingerprint density at radius 2 is 1.42 bits per heavy atom. The molecule has 1 heteroatoms. The van der Waals surface area contributed by atoms with E-state index >= 15 is 0 Å². The van der Waals surface area contributed by atoms with E-state index in [1.807, 2.05) is 0 Å². The summed E-state index contributed by atoms with van der Waals surface area (Å²) in [5.41, 5.74) is 0. The van der Waals surface area contributed by atoms with Crippen LogP contribution in [0.2, 0.25) is 0 Å². The topological polar surface area (TPSA) is 0 Å². The van der Waals surface area contributed by atoms with Gasteiger partial charge in [0, 0.05) is 5.03 Å². The van der Waals surface area contributed by atoms with Crippen LogP contribution < -0.4 is 0 Å². The maximum absolute atomic E-state index is 6.03. The quantitative estimate of drug-likeness (QED) is 0.518. The van der Waals surface area contributed by atoms with Crippen molar-refractivity contribution in [3.8, 4) is 0 Å². The van der Waals surface area contributed by atoms with Crippen LogP contribution in [0.5, 0.6) is 0 Å². The zero-order valence-corrected chi connectivity index (χ0v) is 8.58. The van der Waals surface area contributed by atoms with Gasteiger partial charge in [-0.3, -0.25) is 0 Å². The van der Waals surface area contributed by atoms with E-state index in [0.29, 0.717) is 0 Å².